The SMILES string of the molecule is COC1CC(SCc2ccccc2)N(C(=O)OCc2ccc([N+](=O)[O-])cc2)C1. The number of ether oxygens (including phenoxy) is 2. The topological polar surface area (TPSA) is 81.9 Å². The van der Waals surface area contributed by atoms with Crippen molar-refractivity contribution < 1.29 is 19.2 Å². The van der Waals surface area contributed by atoms with Crippen LogP contribution in [0.2, 0.25) is 0 Å². The number of likely N-dealkylation sites (tertiary alicyclic amines) is 1. The van der Waals surface area contributed by atoms with Crippen molar-refractivity contribution in [2.45, 2.75) is 30.3 Å². The number of hydrogen-bond donors (Lipinski definition) is 0. The van der Waals surface area contributed by atoms with E-state index in [2.05, 4.69) is 12.1 Å². The number of carbonyl (C=O) groups is 1. The van der Waals surface area contributed by atoms with Crippen LogP contribution in [0, 0.1) is 10.1 Å². The van der Waals surface area contributed by atoms with Gasteiger partial charge in [0.1, 0.15) is 6.61 Å². The zero-order chi connectivity index (χ0) is 19.9. The van der Waals surface area contributed by atoms with Gasteiger partial charge in [-0.2, -0.15) is 0 Å². The molecule has 7 nitrogen and oxygen atoms in total. The second kappa shape index (κ2) is 9.57. The summed E-state index contributed by atoms with van der Waals surface area (Å²) < 4.78 is 10.9. The van der Waals surface area contributed by atoms with Crippen molar-refractivity contribution in [1.29, 1.82) is 0 Å². The summed E-state index contributed by atoms with van der Waals surface area (Å²) in [6, 6.07) is 16.1. The van der Waals surface area contributed by atoms with Crippen molar-refractivity contribution >= 4 is 23.5 Å². The van der Waals surface area contributed by atoms with Crippen LogP contribution in [0.3, 0.4) is 0 Å². The van der Waals surface area contributed by atoms with Crippen LogP contribution < -0.4 is 0 Å². The first-order valence-electron chi connectivity index (χ1n) is 8.92. The van der Waals surface area contributed by atoms with Gasteiger partial charge in [-0.05, 0) is 23.3 Å². The summed E-state index contributed by atoms with van der Waals surface area (Å²) in [7, 11) is 1.65. The van der Waals surface area contributed by atoms with E-state index in [1.54, 1.807) is 35.9 Å². The van der Waals surface area contributed by atoms with Crippen LogP contribution in [0.5, 0.6) is 0 Å². The van der Waals surface area contributed by atoms with Crippen molar-refractivity contribution in [3.8, 4) is 0 Å². The molecule has 0 aromatic heterocycles. The van der Waals surface area contributed by atoms with Gasteiger partial charge in [-0.15, -0.1) is 11.8 Å². The zero-order valence-electron chi connectivity index (χ0n) is 15.5. The monoisotopic (exact) mass is 402 g/mol. The number of carbonyl (C=O) groups excluding carboxylic acids is 1. The van der Waals surface area contributed by atoms with E-state index in [0.717, 1.165) is 12.2 Å². The number of thioether (sulfide) groups is 1. The fourth-order valence-electron chi connectivity index (χ4n) is 2.99. The molecule has 1 aliphatic rings. The molecule has 0 spiro atoms. The Bertz CT molecular complexity index is 800. The second-order valence-corrected chi connectivity index (χ2v) is 7.64. The normalized spacial score (nSPS) is 18.8. The Morgan fingerprint density at radius 3 is 2.54 bits per heavy atom. The van der Waals surface area contributed by atoms with Crippen molar-refractivity contribution in [3.05, 3.63) is 75.8 Å². The Hall–Kier alpha value is -2.58. The van der Waals surface area contributed by atoms with E-state index in [1.807, 2.05) is 18.2 Å². The van der Waals surface area contributed by atoms with Crippen molar-refractivity contribution in [2.75, 3.05) is 13.7 Å². The molecule has 1 aliphatic heterocycles. The first-order chi connectivity index (χ1) is 13.6. The lowest BCUT2D eigenvalue weighted by atomic mass is 10.2. The van der Waals surface area contributed by atoms with Crippen LogP contribution >= 0.6 is 11.8 Å². The van der Waals surface area contributed by atoms with Gasteiger partial charge in [0.15, 0.2) is 0 Å². The lowest BCUT2D eigenvalue weighted by molar-refractivity contribution is -0.384. The van der Waals surface area contributed by atoms with Gasteiger partial charge >= 0.3 is 6.09 Å². The minimum absolute atomic E-state index is 0.00920. The summed E-state index contributed by atoms with van der Waals surface area (Å²) in [4.78, 5) is 24.6. The second-order valence-electron chi connectivity index (χ2n) is 6.48. The fourth-order valence-corrected chi connectivity index (χ4v) is 4.27. The lowest BCUT2D eigenvalue weighted by Gasteiger charge is -2.23. The van der Waals surface area contributed by atoms with E-state index in [1.165, 1.54) is 17.7 Å². The first kappa shape index (κ1) is 20.2. The molecule has 3 rings (SSSR count). The third-order valence-corrected chi connectivity index (χ3v) is 5.91. The average molecular weight is 402 g/mol. The molecule has 1 saturated heterocycles. The molecule has 2 aromatic rings. The zero-order valence-corrected chi connectivity index (χ0v) is 16.3. The van der Waals surface area contributed by atoms with Crippen molar-refractivity contribution in [2.24, 2.45) is 0 Å². The molecule has 2 unspecified atom stereocenters. The van der Waals surface area contributed by atoms with Crippen LogP contribution in [0.25, 0.3) is 0 Å². The van der Waals surface area contributed by atoms with Crippen molar-refractivity contribution in [3.63, 3.8) is 0 Å². The molecule has 0 N–H and O–H groups in total. The third kappa shape index (κ3) is 5.24. The highest BCUT2D eigenvalue weighted by Crippen LogP contribution is 2.31. The summed E-state index contributed by atoms with van der Waals surface area (Å²) in [5, 5.41) is 10.7. The predicted octanol–water partition coefficient (Wildman–Crippen LogP) is 4.21. The number of amides is 1. The molecule has 2 aromatic carbocycles. The van der Waals surface area contributed by atoms with Crippen molar-refractivity contribution in [1.82, 2.24) is 4.90 Å². The molecular weight excluding hydrogens is 380 g/mol. The summed E-state index contributed by atoms with van der Waals surface area (Å²) in [6.45, 7) is 0.559. The van der Waals surface area contributed by atoms with Crippen LogP contribution in [-0.2, 0) is 21.8 Å². The van der Waals surface area contributed by atoms with Crippen LogP contribution in [-0.4, -0.2) is 41.0 Å². The first-order valence-corrected chi connectivity index (χ1v) is 9.96. The molecule has 1 fully saturated rings. The molecule has 8 heteroatoms. The molecule has 2 atom stereocenters. The van der Waals surface area contributed by atoms with Gasteiger partial charge < -0.3 is 9.47 Å². The number of nitrogens with zero attached hydrogens (tertiary/aromatic N) is 2. The predicted molar refractivity (Wildman–Crippen MR) is 107 cm³/mol. The molecule has 28 heavy (non-hydrogen) atoms. The lowest BCUT2D eigenvalue weighted by Crippen LogP contribution is -2.35. The summed E-state index contributed by atoms with van der Waals surface area (Å²) in [5.74, 6) is 0.800. The van der Waals surface area contributed by atoms with Gasteiger partial charge in [-0.25, -0.2) is 4.79 Å². The molecule has 148 valence electrons. The Morgan fingerprint density at radius 1 is 1.18 bits per heavy atom. The molecular formula is C20H22N2O5S. The highest BCUT2D eigenvalue weighted by molar-refractivity contribution is 7.99. The number of nitro groups is 1. The van der Waals surface area contributed by atoms with Gasteiger partial charge in [-0.3, -0.25) is 15.0 Å². The van der Waals surface area contributed by atoms with Gasteiger partial charge in [-0.1, -0.05) is 30.3 Å². The van der Waals surface area contributed by atoms with Gasteiger partial charge in [0.05, 0.1) is 22.9 Å². The maximum atomic E-state index is 12.6. The smallest absolute Gasteiger partial charge is 0.411 e. The number of hydrogen-bond acceptors (Lipinski definition) is 6. The average Bonchev–Trinajstić information content (AvgIpc) is 3.15. The van der Waals surface area contributed by atoms with Gasteiger partial charge in [0.25, 0.3) is 5.69 Å². The maximum absolute atomic E-state index is 12.6. The Morgan fingerprint density at radius 2 is 1.89 bits per heavy atom. The van der Waals surface area contributed by atoms with E-state index >= 15 is 0 Å². The largest absolute Gasteiger partial charge is 0.445 e. The molecule has 0 radical (unpaired) electrons. The third-order valence-electron chi connectivity index (χ3n) is 4.58. The number of rotatable bonds is 7. The molecule has 0 aliphatic carbocycles. The van der Waals surface area contributed by atoms with E-state index < -0.39 is 11.0 Å². The maximum Gasteiger partial charge on any atom is 0.411 e. The van der Waals surface area contributed by atoms with E-state index in [4.69, 9.17) is 9.47 Å². The van der Waals surface area contributed by atoms with Crippen LogP contribution in [0.4, 0.5) is 10.5 Å². The number of methoxy groups -OCH3 is 1. The minimum Gasteiger partial charge on any atom is -0.445 e. The van der Waals surface area contributed by atoms with Gasteiger partial charge in [0, 0.05) is 31.4 Å². The summed E-state index contributed by atoms with van der Waals surface area (Å²) in [6.07, 6.45) is 0.337. The van der Waals surface area contributed by atoms with E-state index in [9.17, 15) is 14.9 Å². The number of benzene rings is 2. The van der Waals surface area contributed by atoms with E-state index in [0.29, 0.717) is 12.1 Å². The highest BCUT2D eigenvalue weighted by atomic mass is 32.2. The number of non-ortho nitro benzene ring substituents is 1. The summed E-state index contributed by atoms with van der Waals surface area (Å²) >= 11 is 1.69. The minimum atomic E-state index is -0.459. The van der Waals surface area contributed by atoms with Gasteiger partial charge in [0.2, 0.25) is 0 Å². The molecule has 1 heterocycles. The highest BCUT2D eigenvalue weighted by Gasteiger charge is 2.36. The Kier molecular flexibility index (Phi) is 6.89. The molecule has 0 bridgehead atoms. The standard InChI is InChI=1S/C20H22N2O5S/c1-26-18-11-19(28-14-16-5-3-2-4-6-16)21(12-18)20(23)27-13-15-7-9-17(10-8-15)22(24)25/h2-10,18-19H,11-14H2,1H3. The molecule has 0 saturated carbocycles. The quantitative estimate of drug-likeness (QED) is 0.510. The number of nitro benzene ring substituents is 1. The Labute approximate surface area is 167 Å². The van der Waals surface area contributed by atoms with Crippen LogP contribution in [0.1, 0.15) is 17.5 Å². The van der Waals surface area contributed by atoms with Crippen LogP contribution in [0.15, 0.2) is 54.6 Å². The van der Waals surface area contributed by atoms with E-state index in [-0.39, 0.29) is 23.8 Å². The Balaban J connectivity index is 1.57. The molecule has 1 amide bonds. The fraction of sp³-hybridized carbons (Fsp3) is 0.350. The summed E-state index contributed by atoms with van der Waals surface area (Å²) in [5.41, 5.74) is 1.91.